The largest absolute Gasteiger partial charge is 0.494 e. The number of azo groups is 1. The minimum Gasteiger partial charge on any atom is -0.494 e. The second-order valence-electron chi connectivity index (χ2n) is 5.37. The zero-order valence-electron chi connectivity index (χ0n) is 14.9. The Balaban J connectivity index is 1.94. The van der Waals surface area contributed by atoms with Crippen molar-refractivity contribution in [3.8, 4) is 5.75 Å². The van der Waals surface area contributed by atoms with E-state index in [2.05, 4.69) is 20.3 Å². The smallest absolute Gasteiger partial charge is 0.343 e. The van der Waals surface area contributed by atoms with E-state index in [0.717, 1.165) is 5.75 Å². The number of hydrogen-bond donors (Lipinski definition) is 2. The van der Waals surface area contributed by atoms with Crippen LogP contribution >= 0.6 is 0 Å². The quantitative estimate of drug-likeness (QED) is 0.502. The van der Waals surface area contributed by atoms with E-state index in [4.69, 9.17) is 20.9 Å². The molecule has 3 aromatic rings. The van der Waals surface area contributed by atoms with Gasteiger partial charge in [0.2, 0.25) is 0 Å². The van der Waals surface area contributed by atoms with Gasteiger partial charge in [-0.3, -0.25) is 0 Å². The van der Waals surface area contributed by atoms with Gasteiger partial charge in [0.1, 0.15) is 17.1 Å². The predicted octanol–water partition coefficient (Wildman–Crippen LogP) is 2.88. The lowest BCUT2D eigenvalue weighted by atomic mass is 10.3. The molecule has 140 valence electrons. The summed E-state index contributed by atoms with van der Waals surface area (Å²) in [5, 5.41) is 12.4. The van der Waals surface area contributed by atoms with E-state index in [1.807, 2.05) is 6.92 Å². The number of nitrogens with two attached hydrogens (primary N) is 2. The van der Waals surface area contributed by atoms with Crippen LogP contribution in [-0.4, -0.2) is 33.8 Å². The maximum Gasteiger partial charge on any atom is 0.343 e. The molecule has 0 spiro atoms. The number of hydrogen-bond acceptors (Lipinski definition) is 9. The summed E-state index contributed by atoms with van der Waals surface area (Å²) in [5.74, 6) is 0.307. The van der Waals surface area contributed by atoms with Crippen LogP contribution in [-0.2, 0) is 4.74 Å². The van der Waals surface area contributed by atoms with Gasteiger partial charge in [0.15, 0.2) is 17.2 Å². The third-order valence-corrected chi connectivity index (χ3v) is 3.59. The normalized spacial score (nSPS) is 11.2. The van der Waals surface area contributed by atoms with Crippen LogP contribution < -0.4 is 16.2 Å². The van der Waals surface area contributed by atoms with Crippen LogP contribution in [0.1, 0.15) is 24.2 Å². The van der Waals surface area contributed by atoms with Gasteiger partial charge in [-0.05, 0) is 38.1 Å². The first-order valence-corrected chi connectivity index (χ1v) is 8.29. The molecular weight excluding hydrogens is 350 g/mol. The van der Waals surface area contributed by atoms with Gasteiger partial charge in [-0.25, -0.2) is 9.78 Å². The molecule has 0 aliphatic carbocycles. The van der Waals surface area contributed by atoms with Gasteiger partial charge >= 0.3 is 5.97 Å². The number of nitrogens with zero attached hydrogens (tertiary/aromatic N) is 5. The summed E-state index contributed by atoms with van der Waals surface area (Å²) in [6, 6.07) is 7.10. The van der Waals surface area contributed by atoms with E-state index >= 15 is 0 Å². The lowest BCUT2D eigenvalue weighted by Crippen LogP contribution is -2.12. The fourth-order valence-electron chi connectivity index (χ4n) is 2.35. The number of nitrogen functional groups attached to an aromatic ring is 2. The van der Waals surface area contributed by atoms with Crippen molar-refractivity contribution in [3.05, 3.63) is 36.0 Å². The molecule has 10 nitrogen and oxygen atoms in total. The Morgan fingerprint density at radius 3 is 2.56 bits per heavy atom. The molecule has 0 fully saturated rings. The number of anilines is 2. The fraction of sp³-hybridized carbons (Fsp3) is 0.235. The van der Waals surface area contributed by atoms with Crippen LogP contribution in [0.3, 0.4) is 0 Å². The van der Waals surface area contributed by atoms with Gasteiger partial charge in [-0.1, -0.05) is 0 Å². The van der Waals surface area contributed by atoms with Crippen LogP contribution in [0.5, 0.6) is 5.75 Å². The monoisotopic (exact) mass is 369 g/mol. The lowest BCUT2D eigenvalue weighted by Gasteiger charge is -2.05. The van der Waals surface area contributed by atoms with Gasteiger partial charge in [-0.15, -0.1) is 10.2 Å². The van der Waals surface area contributed by atoms with Crippen LogP contribution in [0.25, 0.3) is 5.65 Å². The number of benzene rings is 1. The van der Waals surface area contributed by atoms with Gasteiger partial charge in [0.25, 0.3) is 0 Å². The van der Waals surface area contributed by atoms with E-state index in [1.165, 1.54) is 10.7 Å². The highest BCUT2D eigenvalue weighted by atomic mass is 16.5. The maximum atomic E-state index is 11.9. The third kappa shape index (κ3) is 3.64. The predicted molar refractivity (Wildman–Crippen MR) is 99.6 cm³/mol. The molecule has 0 unspecified atom stereocenters. The van der Waals surface area contributed by atoms with Crippen molar-refractivity contribution >= 4 is 34.6 Å². The molecule has 0 atom stereocenters. The average molecular weight is 369 g/mol. The van der Waals surface area contributed by atoms with Crippen molar-refractivity contribution in [1.82, 2.24) is 14.6 Å². The van der Waals surface area contributed by atoms with Crippen LogP contribution in [0.2, 0.25) is 0 Å². The fourth-order valence-corrected chi connectivity index (χ4v) is 2.35. The standard InChI is InChI=1S/C17H19N7O3/c1-3-26-11-7-5-10(6-8-11)21-22-13-14(18)23-24-15(19)12(9-20-16(13)24)17(25)27-4-2/h5-9H,3-4,19H2,1-2H3,(H2,18,23). The summed E-state index contributed by atoms with van der Waals surface area (Å²) < 4.78 is 11.6. The van der Waals surface area contributed by atoms with Crippen molar-refractivity contribution < 1.29 is 14.3 Å². The van der Waals surface area contributed by atoms with E-state index in [9.17, 15) is 4.79 Å². The average Bonchev–Trinajstić information content (AvgIpc) is 2.98. The van der Waals surface area contributed by atoms with Gasteiger partial charge in [0, 0.05) is 6.20 Å². The first kappa shape index (κ1) is 18.1. The zero-order chi connectivity index (χ0) is 19.4. The van der Waals surface area contributed by atoms with E-state index < -0.39 is 5.97 Å². The molecular formula is C17H19N7O3. The Bertz CT molecular complexity index is 996. The molecule has 0 aliphatic heterocycles. The molecule has 0 radical (unpaired) electrons. The molecule has 0 saturated carbocycles. The van der Waals surface area contributed by atoms with Crippen molar-refractivity contribution in [2.75, 3.05) is 24.7 Å². The van der Waals surface area contributed by atoms with Crippen molar-refractivity contribution in [3.63, 3.8) is 0 Å². The number of carbonyl (C=O) groups excluding carboxylic acids is 1. The van der Waals surface area contributed by atoms with Crippen molar-refractivity contribution in [2.45, 2.75) is 13.8 Å². The van der Waals surface area contributed by atoms with E-state index in [-0.39, 0.29) is 35.1 Å². The second-order valence-corrected chi connectivity index (χ2v) is 5.37. The lowest BCUT2D eigenvalue weighted by molar-refractivity contribution is 0.0526. The molecule has 3 rings (SSSR count). The highest BCUT2D eigenvalue weighted by Crippen LogP contribution is 2.30. The number of carbonyl (C=O) groups is 1. The van der Waals surface area contributed by atoms with Gasteiger partial charge < -0.3 is 20.9 Å². The minimum absolute atomic E-state index is 0.0627. The Morgan fingerprint density at radius 1 is 1.15 bits per heavy atom. The second kappa shape index (κ2) is 7.68. The summed E-state index contributed by atoms with van der Waals surface area (Å²) in [5.41, 5.74) is 13.2. The van der Waals surface area contributed by atoms with Crippen LogP contribution in [0, 0.1) is 0 Å². The third-order valence-electron chi connectivity index (χ3n) is 3.59. The molecule has 1 aromatic carbocycles. The summed E-state index contributed by atoms with van der Waals surface area (Å²) in [7, 11) is 0. The Morgan fingerprint density at radius 2 is 1.89 bits per heavy atom. The molecule has 0 amide bonds. The Hall–Kier alpha value is -3.69. The van der Waals surface area contributed by atoms with E-state index in [1.54, 1.807) is 31.2 Å². The highest BCUT2D eigenvalue weighted by molar-refractivity contribution is 5.95. The SMILES string of the molecule is CCOC(=O)c1cnc2c(N=Nc3ccc(OCC)cc3)c(N)nn2c1N. The number of esters is 1. The van der Waals surface area contributed by atoms with Crippen LogP contribution in [0.4, 0.5) is 23.0 Å². The Kier molecular flexibility index (Phi) is 5.15. The molecule has 0 bridgehead atoms. The molecule has 2 heterocycles. The number of rotatable bonds is 6. The summed E-state index contributed by atoms with van der Waals surface area (Å²) in [4.78, 5) is 16.1. The van der Waals surface area contributed by atoms with Crippen molar-refractivity contribution in [2.24, 2.45) is 10.2 Å². The minimum atomic E-state index is -0.587. The first-order valence-electron chi connectivity index (χ1n) is 8.29. The van der Waals surface area contributed by atoms with E-state index in [0.29, 0.717) is 12.3 Å². The number of aromatic nitrogens is 3. The van der Waals surface area contributed by atoms with Crippen LogP contribution in [0.15, 0.2) is 40.7 Å². The molecule has 10 heteroatoms. The Labute approximate surface area is 154 Å². The summed E-state index contributed by atoms with van der Waals surface area (Å²) in [6.45, 7) is 4.42. The summed E-state index contributed by atoms with van der Waals surface area (Å²) >= 11 is 0. The molecule has 0 saturated heterocycles. The molecule has 2 aromatic heterocycles. The van der Waals surface area contributed by atoms with Crippen molar-refractivity contribution in [1.29, 1.82) is 0 Å². The first-order chi connectivity index (χ1) is 13.0. The summed E-state index contributed by atoms with van der Waals surface area (Å²) in [6.07, 6.45) is 1.31. The molecule has 27 heavy (non-hydrogen) atoms. The number of fused-ring (bicyclic) bond motifs is 1. The highest BCUT2D eigenvalue weighted by Gasteiger charge is 2.19. The van der Waals surface area contributed by atoms with Gasteiger partial charge in [0.05, 0.1) is 18.9 Å². The van der Waals surface area contributed by atoms with Gasteiger partial charge in [-0.2, -0.15) is 9.63 Å². The zero-order valence-corrected chi connectivity index (χ0v) is 14.9. The number of ether oxygens (including phenoxy) is 2. The molecule has 0 aliphatic rings. The molecule has 4 N–H and O–H groups in total. The maximum absolute atomic E-state index is 11.9. The topological polar surface area (TPSA) is 142 Å².